The lowest BCUT2D eigenvalue weighted by molar-refractivity contribution is 0.0703. The number of methoxy groups -OCH3 is 1. The van der Waals surface area contributed by atoms with E-state index in [-0.39, 0.29) is 5.91 Å². The van der Waals surface area contributed by atoms with Crippen LogP contribution in [0, 0.1) is 11.8 Å². The Morgan fingerprint density at radius 2 is 1.77 bits per heavy atom. The van der Waals surface area contributed by atoms with Gasteiger partial charge in [0, 0.05) is 49.2 Å². The molecule has 0 saturated carbocycles. The molecule has 1 aliphatic rings. The maximum atomic E-state index is 13.5. The number of halogens is 1. The first-order chi connectivity index (χ1) is 16.9. The van der Waals surface area contributed by atoms with Gasteiger partial charge in [0.25, 0.3) is 5.91 Å². The van der Waals surface area contributed by atoms with Crippen LogP contribution in [-0.2, 0) is 6.54 Å². The molecule has 1 saturated heterocycles. The summed E-state index contributed by atoms with van der Waals surface area (Å²) in [4.78, 5) is 18.0. The number of carbonyl (C=O) groups is 1. The molecule has 3 aromatic carbocycles. The van der Waals surface area contributed by atoms with Gasteiger partial charge in [-0.3, -0.25) is 9.69 Å². The van der Waals surface area contributed by atoms with Crippen LogP contribution in [0.3, 0.4) is 0 Å². The molecule has 35 heavy (non-hydrogen) atoms. The standard InChI is InChI=1S/C30H35ClN2O2/c1-22(2)17-33(30(34)23-10-5-4-6-11-23)20-26-19-32(18-25-12-7-8-15-29(25)31)21-28(26)24-13-9-14-27(16-24)35-3/h4-16,22,26,28H,17-21H2,1-3H3/t26-,28-/m0/s1. The van der Waals surface area contributed by atoms with Crippen molar-refractivity contribution in [2.75, 3.05) is 33.3 Å². The number of rotatable bonds is 9. The molecule has 4 rings (SSSR count). The highest BCUT2D eigenvalue weighted by molar-refractivity contribution is 6.31. The lowest BCUT2D eigenvalue weighted by Gasteiger charge is -2.30. The van der Waals surface area contributed by atoms with E-state index in [1.54, 1.807) is 7.11 Å². The van der Waals surface area contributed by atoms with Crippen molar-refractivity contribution in [3.63, 3.8) is 0 Å². The van der Waals surface area contributed by atoms with Crippen LogP contribution < -0.4 is 4.74 Å². The first-order valence-electron chi connectivity index (χ1n) is 12.4. The molecule has 4 nitrogen and oxygen atoms in total. The summed E-state index contributed by atoms with van der Waals surface area (Å²) in [5.41, 5.74) is 3.14. The summed E-state index contributed by atoms with van der Waals surface area (Å²) in [5, 5.41) is 0.801. The molecule has 1 aliphatic heterocycles. The number of amides is 1. The van der Waals surface area contributed by atoms with Gasteiger partial charge in [-0.2, -0.15) is 0 Å². The van der Waals surface area contributed by atoms with E-state index in [9.17, 15) is 4.79 Å². The lowest BCUT2D eigenvalue weighted by Crippen LogP contribution is -2.39. The Hall–Kier alpha value is -2.82. The predicted octanol–water partition coefficient (Wildman–Crippen LogP) is 6.36. The summed E-state index contributed by atoms with van der Waals surface area (Å²) in [6.45, 7) is 8.41. The summed E-state index contributed by atoms with van der Waals surface area (Å²) in [7, 11) is 1.71. The molecule has 1 heterocycles. The van der Waals surface area contributed by atoms with Crippen molar-refractivity contribution in [1.29, 1.82) is 0 Å². The van der Waals surface area contributed by atoms with Crippen LogP contribution in [0.4, 0.5) is 0 Å². The van der Waals surface area contributed by atoms with Crippen molar-refractivity contribution in [3.8, 4) is 5.75 Å². The monoisotopic (exact) mass is 490 g/mol. The summed E-state index contributed by atoms with van der Waals surface area (Å²) in [5.74, 6) is 1.96. The molecule has 0 bridgehead atoms. The third kappa shape index (κ3) is 6.45. The minimum Gasteiger partial charge on any atom is -0.497 e. The van der Waals surface area contributed by atoms with Gasteiger partial charge in [-0.05, 0) is 53.3 Å². The molecule has 2 atom stereocenters. The van der Waals surface area contributed by atoms with Crippen LogP contribution in [0.15, 0.2) is 78.9 Å². The number of likely N-dealkylation sites (tertiary alicyclic amines) is 1. The molecular formula is C30H35ClN2O2. The van der Waals surface area contributed by atoms with Gasteiger partial charge in [-0.15, -0.1) is 0 Å². The minimum atomic E-state index is 0.105. The Labute approximate surface area is 214 Å². The topological polar surface area (TPSA) is 32.8 Å². The number of ether oxygens (including phenoxy) is 1. The normalized spacial score (nSPS) is 18.1. The largest absolute Gasteiger partial charge is 0.497 e. The molecule has 0 spiro atoms. The van der Waals surface area contributed by atoms with Crippen molar-refractivity contribution >= 4 is 17.5 Å². The zero-order chi connectivity index (χ0) is 24.8. The van der Waals surface area contributed by atoms with E-state index >= 15 is 0 Å². The van der Waals surface area contributed by atoms with Crippen molar-refractivity contribution < 1.29 is 9.53 Å². The summed E-state index contributed by atoms with van der Waals surface area (Å²) >= 11 is 6.49. The number of hydrogen-bond donors (Lipinski definition) is 0. The fraction of sp³-hybridized carbons (Fsp3) is 0.367. The number of hydrogen-bond acceptors (Lipinski definition) is 3. The summed E-state index contributed by atoms with van der Waals surface area (Å²) < 4.78 is 5.52. The van der Waals surface area contributed by atoms with Crippen LogP contribution in [0.25, 0.3) is 0 Å². The van der Waals surface area contributed by atoms with Crippen LogP contribution in [0.5, 0.6) is 5.75 Å². The van der Waals surface area contributed by atoms with Gasteiger partial charge in [0.1, 0.15) is 5.75 Å². The Morgan fingerprint density at radius 1 is 1.03 bits per heavy atom. The number of carbonyl (C=O) groups excluding carboxylic acids is 1. The van der Waals surface area contributed by atoms with E-state index in [2.05, 4.69) is 47.9 Å². The van der Waals surface area contributed by atoms with Crippen molar-refractivity contribution in [2.24, 2.45) is 11.8 Å². The maximum Gasteiger partial charge on any atom is 0.253 e. The first-order valence-corrected chi connectivity index (χ1v) is 12.8. The minimum absolute atomic E-state index is 0.105. The smallest absolute Gasteiger partial charge is 0.253 e. The molecule has 1 amide bonds. The second-order valence-corrected chi connectivity index (χ2v) is 10.3. The predicted molar refractivity (Wildman–Crippen MR) is 143 cm³/mol. The Morgan fingerprint density at radius 3 is 2.49 bits per heavy atom. The van der Waals surface area contributed by atoms with Gasteiger partial charge in [0.05, 0.1) is 7.11 Å². The Balaban J connectivity index is 1.61. The average Bonchev–Trinajstić information content (AvgIpc) is 3.27. The maximum absolute atomic E-state index is 13.5. The highest BCUT2D eigenvalue weighted by Crippen LogP contribution is 2.36. The number of benzene rings is 3. The molecule has 0 N–H and O–H groups in total. The van der Waals surface area contributed by atoms with Crippen molar-refractivity contribution in [3.05, 3.63) is 101 Å². The number of nitrogens with zero attached hydrogens (tertiary/aromatic N) is 2. The quantitative estimate of drug-likeness (QED) is 0.349. The third-order valence-corrected chi connectivity index (χ3v) is 7.11. The second kappa shape index (κ2) is 11.7. The van der Waals surface area contributed by atoms with E-state index in [0.29, 0.717) is 24.3 Å². The molecular weight excluding hydrogens is 456 g/mol. The molecule has 3 aromatic rings. The van der Waals surface area contributed by atoms with Crippen molar-refractivity contribution in [1.82, 2.24) is 9.80 Å². The van der Waals surface area contributed by atoms with E-state index in [1.165, 1.54) is 5.56 Å². The SMILES string of the molecule is COc1cccc([C@@H]2CN(Cc3ccccc3Cl)C[C@H]2CN(CC(C)C)C(=O)c2ccccc2)c1. The van der Waals surface area contributed by atoms with Gasteiger partial charge < -0.3 is 9.64 Å². The third-order valence-electron chi connectivity index (χ3n) is 6.74. The van der Waals surface area contributed by atoms with Crippen LogP contribution in [0.1, 0.15) is 41.3 Å². The van der Waals surface area contributed by atoms with E-state index < -0.39 is 0 Å². The molecule has 5 heteroatoms. The zero-order valence-corrected chi connectivity index (χ0v) is 21.6. The molecule has 0 aliphatic carbocycles. The molecule has 0 unspecified atom stereocenters. The van der Waals surface area contributed by atoms with Gasteiger partial charge >= 0.3 is 0 Å². The highest BCUT2D eigenvalue weighted by atomic mass is 35.5. The fourth-order valence-corrected chi connectivity index (χ4v) is 5.32. The van der Waals surface area contributed by atoms with Crippen LogP contribution in [-0.4, -0.2) is 49.0 Å². The second-order valence-electron chi connectivity index (χ2n) is 9.90. The average molecular weight is 491 g/mol. The fourth-order valence-electron chi connectivity index (χ4n) is 5.12. The molecule has 0 aromatic heterocycles. The van der Waals surface area contributed by atoms with E-state index in [1.807, 2.05) is 54.6 Å². The van der Waals surface area contributed by atoms with Crippen LogP contribution >= 0.6 is 11.6 Å². The lowest BCUT2D eigenvalue weighted by atomic mass is 9.88. The van der Waals surface area contributed by atoms with Crippen LogP contribution in [0.2, 0.25) is 5.02 Å². The van der Waals surface area contributed by atoms with Gasteiger partial charge in [0.2, 0.25) is 0 Å². The first kappa shape index (κ1) is 25.3. The van der Waals surface area contributed by atoms with Crippen molar-refractivity contribution in [2.45, 2.75) is 26.3 Å². The zero-order valence-electron chi connectivity index (χ0n) is 20.9. The van der Waals surface area contributed by atoms with Gasteiger partial charge in [-0.1, -0.05) is 74.0 Å². The van der Waals surface area contributed by atoms with E-state index in [0.717, 1.165) is 48.1 Å². The van der Waals surface area contributed by atoms with Gasteiger partial charge in [-0.25, -0.2) is 0 Å². The molecule has 184 valence electrons. The summed E-state index contributed by atoms with van der Waals surface area (Å²) in [6, 6.07) is 26.1. The Bertz CT molecular complexity index is 1120. The highest BCUT2D eigenvalue weighted by Gasteiger charge is 2.36. The Kier molecular flexibility index (Phi) is 8.48. The van der Waals surface area contributed by atoms with Gasteiger partial charge in [0.15, 0.2) is 0 Å². The molecule has 1 fully saturated rings. The summed E-state index contributed by atoms with van der Waals surface area (Å²) in [6.07, 6.45) is 0. The van der Waals surface area contributed by atoms with E-state index in [4.69, 9.17) is 16.3 Å². The molecule has 0 radical (unpaired) electrons.